The standard InChI is InChI=1S/C27H27N5O3/c1-16-6-5-7-22-17(2)12-23(28-26(16)22)32-24(13-18(3)30-32)29-27(34)19-14-25(33)31(15-19)20-8-10-21(35-4)11-9-20/h5-13,19H,14-15H2,1-4H3,(H,29,34). The van der Waals surface area contributed by atoms with Crippen molar-refractivity contribution < 1.29 is 14.3 Å². The number of methoxy groups -OCH3 is 1. The van der Waals surface area contributed by atoms with Crippen molar-refractivity contribution >= 4 is 34.2 Å². The highest BCUT2D eigenvalue weighted by Crippen LogP contribution is 2.29. The zero-order chi connectivity index (χ0) is 24.7. The molecule has 1 fully saturated rings. The summed E-state index contributed by atoms with van der Waals surface area (Å²) in [6, 6.07) is 17.1. The Morgan fingerprint density at radius 3 is 2.57 bits per heavy atom. The van der Waals surface area contributed by atoms with Gasteiger partial charge in [-0.25, -0.2) is 4.98 Å². The summed E-state index contributed by atoms with van der Waals surface area (Å²) < 4.78 is 6.85. The first kappa shape index (κ1) is 22.6. The molecule has 178 valence electrons. The zero-order valence-electron chi connectivity index (χ0n) is 20.2. The van der Waals surface area contributed by atoms with Gasteiger partial charge in [0, 0.05) is 30.1 Å². The van der Waals surface area contributed by atoms with Gasteiger partial charge in [-0.3, -0.25) is 9.59 Å². The number of para-hydroxylation sites is 1. The van der Waals surface area contributed by atoms with Gasteiger partial charge in [0.2, 0.25) is 11.8 Å². The quantitative estimate of drug-likeness (QED) is 0.470. The van der Waals surface area contributed by atoms with Crippen molar-refractivity contribution in [2.24, 2.45) is 5.92 Å². The van der Waals surface area contributed by atoms with Gasteiger partial charge >= 0.3 is 0 Å². The number of carbonyl (C=O) groups is 2. The molecule has 2 aromatic carbocycles. The minimum Gasteiger partial charge on any atom is -0.497 e. The highest BCUT2D eigenvalue weighted by Gasteiger charge is 2.35. The maximum atomic E-state index is 13.2. The van der Waals surface area contributed by atoms with Crippen LogP contribution in [0, 0.1) is 26.7 Å². The first-order valence-corrected chi connectivity index (χ1v) is 11.5. The molecule has 1 atom stereocenters. The van der Waals surface area contributed by atoms with Crippen molar-refractivity contribution in [3.63, 3.8) is 0 Å². The first-order chi connectivity index (χ1) is 16.8. The van der Waals surface area contributed by atoms with Crippen molar-refractivity contribution in [1.82, 2.24) is 14.8 Å². The lowest BCUT2D eigenvalue weighted by atomic mass is 10.1. The largest absolute Gasteiger partial charge is 0.497 e. The number of hydrogen-bond donors (Lipinski definition) is 1. The van der Waals surface area contributed by atoms with Gasteiger partial charge in [-0.1, -0.05) is 18.2 Å². The minimum atomic E-state index is -0.471. The van der Waals surface area contributed by atoms with Crippen LogP contribution in [0.5, 0.6) is 5.75 Å². The molecule has 0 saturated carbocycles. The summed E-state index contributed by atoms with van der Waals surface area (Å²) in [7, 11) is 1.60. The Hall–Kier alpha value is -4.20. The summed E-state index contributed by atoms with van der Waals surface area (Å²) in [4.78, 5) is 32.3. The van der Waals surface area contributed by atoms with Crippen LogP contribution in [0.1, 0.15) is 23.2 Å². The second-order valence-electron chi connectivity index (χ2n) is 8.94. The van der Waals surface area contributed by atoms with Crippen LogP contribution < -0.4 is 15.0 Å². The molecule has 1 N–H and O–H groups in total. The number of aromatic nitrogens is 3. The highest BCUT2D eigenvalue weighted by molar-refractivity contribution is 6.03. The SMILES string of the molecule is COc1ccc(N2CC(C(=O)Nc3cc(C)nn3-c3cc(C)c4cccc(C)c4n3)CC2=O)cc1. The van der Waals surface area contributed by atoms with E-state index in [0.29, 0.717) is 23.9 Å². The molecule has 3 heterocycles. The Morgan fingerprint density at radius 2 is 1.83 bits per heavy atom. The van der Waals surface area contributed by atoms with Gasteiger partial charge in [0.1, 0.15) is 11.6 Å². The molecule has 1 aliphatic heterocycles. The second kappa shape index (κ2) is 8.87. The number of aryl methyl sites for hydroxylation is 3. The molecule has 8 nitrogen and oxygen atoms in total. The van der Waals surface area contributed by atoms with Gasteiger partial charge in [-0.05, 0) is 62.2 Å². The molecular formula is C27H27N5O3. The number of nitrogens with zero attached hydrogens (tertiary/aromatic N) is 4. The monoisotopic (exact) mass is 469 g/mol. The van der Waals surface area contributed by atoms with Crippen LogP contribution in [-0.4, -0.2) is 40.2 Å². The molecule has 1 saturated heterocycles. The maximum Gasteiger partial charge on any atom is 0.230 e. The van der Waals surface area contributed by atoms with E-state index in [4.69, 9.17) is 9.72 Å². The van der Waals surface area contributed by atoms with Crippen LogP contribution in [0.25, 0.3) is 16.7 Å². The summed E-state index contributed by atoms with van der Waals surface area (Å²) in [5, 5.41) is 8.66. The maximum absolute atomic E-state index is 13.2. The molecule has 2 amide bonds. The lowest BCUT2D eigenvalue weighted by Gasteiger charge is -2.17. The number of anilines is 2. The Kier molecular flexibility index (Phi) is 5.72. The molecule has 4 aromatic rings. The third kappa shape index (κ3) is 4.23. The van der Waals surface area contributed by atoms with Gasteiger partial charge in [-0.15, -0.1) is 0 Å². The molecule has 0 spiro atoms. The molecular weight excluding hydrogens is 442 g/mol. The number of fused-ring (bicyclic) bond motifs is 1. The minimum absolute atomic E-state index is 0.0812. The average molecular weight is 470 g/mol. The molecule has 2 aromatic heterocycles. The Bertz CT molecular complexity index is 1440. The summed E-state index contributed by atoms with van der Waals surface area (Å²) in [6.45, 7) is 6.26. The molecule has 35 heavy (non-hydrogen) atoms. The molecule has 8 heteroatoms. The number of hydrogen-bond acceptors (Lipinski definition) is 5. The lowest BCUT2D eigenvalue weighted by molar-refractivity contribution is -0.122. The number of carbonyl (C=O) groups excluding carboxylic acids is 2. The van der Waals surface area contributed by atoms with Gasteiger partial charge in [0.15, 0.2) is 5.82 Å². The van der Waals surface area contributed by atoms with E-state index in [0.717, 1.165) is 33.4 Å². The van der Waals surface area contributed by atoms with E-state index < -0.39 is 5.92 Å². The smallest absolute Gasteiger partial charge is 0.230 e. The van der Waals surface area contributed by atoms with Crippen molar-refractivity contribution in [2.45, 2.75) is 27.2 Å². The van der Waals surface area contributed by atoms with Gasteiger partial charge in [0.25, 0.3) is 0 Å². The lowest BCUT2D eigenvalue weighted by Crippen LogP contribution is -2.28. The number of ether oxygens (including phenoxy) is 1. The van der Waals surface area contributed by atoms with Crippen molar-refractivity contribution in [2.75, 3.05) is 23.9 Å². The molecule has 0 aliphatic carbocycles. The zero-order valence-corrected chi connectivity index (χ0v) is 20.2. The van der Waals surface area contributed by atoms with Crippen molar-refractivity contribution in [3.05, 3.63) is 71.4 Å². The average Bonchev–Trinajstić information content (AvgIpc) is 3.42. The normalized spacial score (nSPS) is 15.6. The Balaban J connectivity index is 1.39. The fourth-order valence-corrected chi connectivity index (χ4v) is 4.54. The topological polar surface area (TPSA) is 89.3 Å². The van der Waals surface area contributed by atoms with Gasteiger partial charge in [-0.2, -0.15) is 9.78 Å². The van der Waals surface area contributed by atoms with E-state index in [1.165, 1.54) is 0 Å². The van der Waals surface area contributed by atoms with E-state index in [9.17, 15) is 9.59 Å². The number of benzene rings is 2. The number of nitrogens with one attached hydrogen (secondary N) is 1. The van der Waals surface area contributed by atoms with E-state index >= 15 is 0 Å². The third-order valence-corrected chi connectivity index (χ3v) is 6.41. The molecule has 5 rings (SSSR count). The molecule has 1 unspecified atom stereocenters. The predicted molar refractivity (Wildman–Crippen MR) is 135 cm³/mol. The van der Waals surface area contributed by atoms with Crippen molar-refractivity contribution in [1.29, 1.82) is 0 Å². The van der Waals surface area contributed by atoms with Gasteiger partial charge in [0.05, 0.1) is 24.2 Å². The summed E-state index contributed by atoms with van der Waals surface area (Å²) in [5.74, 6) is 1.11. The van der Waals surface area contributed by atoms with Crippen LogP contribution in [0.2, 0.25) is 0 Å². The predicted octanol–water partition coefficient (Wildman–Crippen LogP) is 4.35. The molecule has 1 aliphatic rings. The van der Waals surface area contributed by atoms with E-state index in [1.54, 1.807) is 28.8 Å². The molecule has 0 radical (unpaired) electrons. The van der Waals surface area contributed by atoms with Gasteiger partial charge < -0.3 is 15.0 Å². The van der Waals surface area contributed by atoms with Crippen LogP contribution in [0.3, 0.4) is 0 Å². The van der Waals surface area contributed by atoms with Crippen LogP contribution in [0.4, 0.5) is 11.5 Å². The van der Waals surface area contributed by atoms with Crippen LogP contribution >= 0.6 is 0 Å². The Labute approximate surface area is 203 Å². The summed E-state index contributed by atoms with van der Waals surface area (Å²) >= 11 is 0. The third-order valence-electron chi connectivity index (χ3n) is 6.41. The second-order valence-corrected chi connectivity index (χ2v) is 8.94. The first-order valence-electron chi connectivity index (χ1n) is 11.5. The van der Waals surface area contributed by atoms with E-state index in [2.05, 4.69) is 16.5 Å². The summed E-state index contributed by atoms with van der Waals surface area (Å²) in [5.41, 5.74) is 4.57. The fraction of sp³-hybridized carbons (Fsp3) is 0.259. The number of rotatable bonds is 5. The highest BCUT2D eigenvalue weighted by atomic mass is 16.5. The number of pyridine rings is 1. The van der Waals surface area contributed by atoms with E-state index in [-0.39, 0.29) is 18.2 Å². The fourth-order valence-electron chi connectivity index (χ4n) is 4.54. The van der Waals surface area contributed by atoms with Crippen LogP contribution in [-0.2, 0) is 9.59 Å². The molecule has 0 bridgehead atoms. The number of amides is 2. The van der Waals surface area contributed by atoms with Crippen molar-refractivity contribution in [3.8, 4) is 11.6 Å². The Morgan fingerprint density at radius 1 is 1.06 bits per heavy atom. The summed E-state index contributed by atoms with van der Waals surface area (Å²) in [6.07, 6.45) is 0.150. The van der Waals surface area contributed by atoms with E-state index in [1.807, 2.05) is 57.2 Å². The van der Waals surface area contributed by atoms with Crippen LogP contribution in [0.15, 0.2) is 54.6 Å².